The summed E-state index contributed by atoms with van der Waals surface area (Å²) in [6.07, 6.45) is 2.37. The molecule has 0 aromatic carbocycles. The third-order valence-corrected chi connectivity index (χ3v) is 5.30. The fraction of sp³-hybridized carbons (Fsp3) is 0.824. The summed E-state index contributed by atoms with van der Waals surface area (Å²) >= 11 is 0. The van der Waals surface area contributed by atoms with E-state index in [1.165, 1.54) is 0 Å². The van der Waals surface area contributed by atoms with Crippen LogP contribution in [0.3, 0.4) is 0 Å². The third-order valence-electron chi connectivity index (χ3n) is 5.30. The van der Waals surface area contributed by atoms with Crippen molar-refractivity contribution >= 4 is 17.7 Å². The predicted octanol–water partition coefficient (Wildman–Crippen LogP) is 0.217. The number of carbonyl (C=O) groups excluding carboxylic acids is 3. The van der Waals surface area contributed by atoms with Crippen LogP contribution in [-0.2, 0) is 14.4 Å². The Balaban J connectivity index is 2.12. The number of primary amides is 1. The van der Waals surface area contributed by atoms with Crippen LogP contribution in [0.25, 0.3) is 0 Å². The van der Waals surface area contributed by atoms with Gasteiger partial charge >= 0.3 is 11.8 Å². The van der Waals surface area contributed by atoms with Gasteiger partial charge in [-0.3, -0.25) is 14.4 Å². The van der Waals surface area contributed by atoms with Crippen LogP contribution >= 0.6 is 0 Å². The van der Waals surface area contributed by atoms with E-state index in [-0.39, 0.29) is 17.9 Å². The van der Waals surface area contributed by atoms with Crippen molar-refractivity contribution < 1.29 is 14.4 Å². The van der Waals surface area contributed by atoms with Gasteiger partial charge in [0.1, 0.15) is 0 Å². The first-order valence-corrected chi connectivity index (χ1v) is 8.64. The molecule has 3 amide bonds. The second-order valence-corrected chi connectivity index (χ2v) is 8.40. The molecular formula is C17H30N4O3. The Hall–Kier alpha value is -1.63. The molecule has 0 aromatic rings. The van der Waals surface area contributed by atoms with Crippen molar-refractivity contribution in [1.29, 1.82) is 0 Å². The summed E-state index contributed by atoms with van der Waals surface area (Å²) in [6.45, 7) is 8.62. The zero-order chi connectivity index (χ0) is 18.3. The molecule has 0 aromatic heterocycles. The first kappa shape index (κ1) is 18.7. The van der Waals surface area contributed by atoms with Crippen molar-refractivity contribution in [2.75, 3.05) is 13.1 Å². The highest BCUT2D eigenvalue weighted by Gasteiger charge is 2.49. The number of likely N-dealkylation sites (tertiary alicyclic amines) is 2. The summed E-state index contributed by atoms with van der Waals surface area (Å²) in [5.41, 5.74) is 10.5. The monoisotopic (exact) mass is 338 g/mol. The van der Waals surface area contributed by atoms with E-state index in [0.717, 1.165) is 0 Å². The predicted molar refractivity (Wildman–Crippen MR) is 90.7 cm³/mol. The molecule has 7 heteroatoms. The van der Waals surface area contributed by atoms with Gasteiger partial charge in [0.25, 0.3) is 0 Å². The molecular weight excluding hydrogens is 308 g/mol. The molecule has 2 aliphatic rings. The second-order valence-electron chi connectivity index (χ2n) is 8.40. The lowest BCUT2D eigenvalue weighted by atomic mass is 9.77. The number of amides is 3. The lowest BCUT2D eigenvalue weighted by Gasteiger charge is -2.54. The van der Waals surface area contributed by atoms with Gasteiger partial charge in [-0.05, 0) is 53.4 Å². The number of hydrogen-bond acceptors (Lipinski definition) is 4. The lowest BCUT2D eigenvalue weighted by Crippen LogP contribution is -2.67. The normalized spacial score (nSPS) is 24.7. The van der Waals surface area contributed by atoms with E-state index in [1.807, 2.05) is 27.7 Å². The molecule has 0 atom stereocenters. The number of nitrogens with two attached hydrogens (primary N) is 2. The van der Waals surface area contributed by atoms with Crippen LogP contribution < -0.4 is 11.5 Å². The molecule has 0 unspecified atom stereocenters. The largest absolute Gasteiger partial charge is 0.369 e. The van der Waals surface area contributed by atoms with Gasteiger partial charge in [0.15, 0.2) is 0 Å². The summed E-state index contributed by atoms with van der Waals surface area (Å²) in [6, 6.07) is 0.0143. The minimum atomic E-state index is -0.491. The van der Waals surface area contributed by atoms with Gasteiger partial charge < -0.3 is 21.3 Å². The minimum absolute atomic E-state index is 0.0143. The summed E-state index contributed by atoms with van der Waals surface area (Å²) in [4.78, 5) is 40.2. The average Bonchev–Trinajstić information content (AvgIpc) is 2.43. The summed E-state index contributed by atoms with van der Waals surface area (Å²) in [7, 11) is 0. The van der Waals surface area contributed by atoms with Gasteiger partial charge in [0.05, 0.1) is 0 Å². The fourth-order valence-corrected chi connectivity index (χ4v) is 4.51. The van der Waals surface area contributed by atoms with E-state index in [9.17, 15) is 14.4 Å². The van der Waals surface area contributed by atoms with E-state index in [1.54, 1.807) is 9.80 Å². The second kappa shape index (κ2) is 6.35. The van der Waals surface area contributed by atoms with Crippen LogP contribution in [0.4, 0.5) is 0 Å². The van der Waals surface area contributed by atoms with E-state index in [4.69, 9.17) is 11.5 Å². The topological polar surface area (TPSA) is 110 Å². The number of hydrogen-bond donors (Lipinski definition) is 2. The SMILES string of the molecule is CC1(C)CC(N)CC(C)(C)N1C(=O)C(=O)N1CCC(C(N)=O)CC1. The van der Waals surface area contributed by atoms with Crippen molar-refractivity contribution in [3.05, 3.63) is 0 Å². The Labute approximate surface area is 143 Å². The standard InChI is InChI=1S/C17H30N4O3/c1-16(2)9-12(18)10-17(3,4)21(16)15(24)14(23)20-7-5-11(6-8-20)13(19)22/h11-12H,5-10,18H2,1-4H3,(H2,19,22). The van der Waals surface area contributed by atoms with Crippen LogP contribution in [0.1, 0.15) is 53.4 Å². The number of rotatable bonds is 1. The molecule has 4 N–H and O–H groups in total. The summed E-state index contributed by atoms with van der Waals surface area (Å²) in [5.74, 6) is -1.50. The first-order chi connectivity index (χ1) is 11.0. The van der Waals surface area contributed by atoms with E-state index in [0.29, 0.717) is 38.8 Å². The van der Waals surface area contributed by atoms with Crippen LogP contribution in [-0.4, -0.2) is 57.7 Å². The van der Waals surface area contributed by atoms with E-state index >= 15 is 0 Å². The molecule has 2 aliphatic heterocycles. The molecule has 0 aliphatic carbocycles. The van der Waals surface area contributed by atoms with Crippen molar-refractivity contribution in [1.82, 2.24) is 9.80 Å². The van der Waals surface area contributed by atoms with Gasteiger partial charge in [-0.1, -0.05) is 0 Å². The summed E-state index contributed by atoms with van der Waals surface area (Å²) < 4.78 is 0. The van der Waals surface area contributed by atoms with Gasteiger partial charge in [0.2, 0.25) is 5.91 Å². The first-order valence-electron chi connectivity index (χ1n) is 8.64. The average molecular weight is 338 g/mol. The maximum Gasteiger partial charge on any atom is 0.312 e. The Bertz CT molecular complexity index is 518. The molecule has 0 radical (unpaired) electrons. The Morgan fingerprint density at radius 3 is 1.79 bits per heavy atom. The number of piperidine rings is 2. The van der Waals surface area contributed by atoms with Crippen molar-refractivity contribution in [3.8, 4) is 0 Å². The van der Waals surface area contributed by atoms with Gasteiger partial charge in [0, 0.05) is 36.1 Å². The molecule has 2 saturated heterocycles. The quantitative estimate of drug-likeness (QED) is 0.666. The van der Waals surface area contributed by atoms with Crippen LogP contribution in [0.2, 0.25) is 0 Å². The summed E-state index contributed by atoms with van der Waals surface area (Å²) in [5, 5.41) is 0. The third kappa shape index (κ3) is 3.55. The highest BCUT2D eigenvalue weighted by Crippen LogP contribution is 2.38. The van der Waals surface area contributed by atoms with Crippen molar-refractivity contribution in [3.63, 3.8) is 0 Å². The number of nitrogens with zero attached hydrogens (tertiary/aromatic N) is 2. The molecule has 2 heterocycles. The maximum absolute atomic E-state index is 13.0. The molecule has 0 spiro atoms. The van der Waals surface area contributed by atoms with Gasteiger partial charge in [-0.25, -0.2) is 0 Å². The van der Waals surface area contributed by atoms with E-state index < -0.39 is 22.9 Å². The lowest BCUT2D eigenvalue weighted by molar-refractivity contribution is -0.164. The Morgan fingerprint density at radius 1 is 0.917 bits per heavy atom. The molecule has 7 nitrogen and oxygen atoms in total. The van der Waals surface area contributed by atoms with Crippen molar-refractivity contribution in [2.24, 2.45) is 17.4 Å². The van der Waals surface area contributed by atoms with Gasteiger partial charge in [-0.2, -0.15) is 0 Å². The number of carbonyl (C=O) groups is 3. The highest BCUT2D eigenvalue weighted by atomic mass is 16.2. The Morgan fingerprint density at radius 2 is 1.38 bits per heavy atom. The Kier molecular flexibility index (Phi) is 4.95. The molecule has 0 bridgehead atoms. The maximum atomic E-state index is 13.0. The molecule has 2 rings (SSSR count). The molecule has 24 heavy (non-hydrogen) atoms. The molecule has 0 saturated carbocycles. The minimum Gasteiger partial charge on any atom is -0.369 e. The smallest absolute Gasteiger partial charge is 0.312 e. The van der Waals surface area contributed by atoms with E-state index in [2.05, 4.69) is 0 Å². The fourth-order valence-electron chi connectivity index (χ4n) is 4.51. The van der Waals surface area contributed by atoms with Gasteiger partial charge in [-0.15, -0.1) is 0 Å². The highest BCUT2D eigenvalue weighted by molar-refractivity contribution is 6.35. The van der Waals surface area contributed by atoms with Crippen LogP contribution in [0.5, 0.6) is 0 Å². The zero-order valence-corrected chi connectivity index (χ0v) is 15.2. The van der Waals surface area contributed by atoms with Crippen LogP contribution in [0.15, 0.2) is 0 Å². The zero-order valence-electron chi connectivity index (χ0n) is 15.2. The van der Waals surface area contributed by atoms with Crippen LogP contribution in [0, 0.1) is 5.92 Å². The van der Waals surface area contributed by atoms with Crippen molar-refractivity contribution in [2.45, 2.75) is 70.5 Å². The molecule has 136 valence electrons. The molecule has 2 fully saturated rings.